The molecule has 0 aliphatic rings. The van der Waals surface area contributed by atoms with Gasteiger partial charge in [-0.05, 0) is 50.1 Å². The van der Waals surface area contributed by atoms with Gasteiger partial charge >= 0.3 is 0 Å². The van der Waals surface area contributed by atoms with Gasteiger partial charge in [0.15, 0.2) is 17.8 Å². The van der Waals surface area contributed by atoms with Crippen molar-refractivity contribution in [2.24, 2.45) is 0 Å². The van der Waals surface area contributed by atoms with E-state index in [2.05, 4.69) is 15.2 Å². The zero-order valence-corrected chi connectivity index (χ0v) is 14.1. The van der Waals surface area contributed by atoms with Crippen LogP contribution in [0, 0.1) is 13.8 Å². The van der Waals surface area contributed by atoms with Crippen molar-refractivity contribution in [3.8, 4) is 17.1 Å². The van der Waals surface area contributed by atoms with E-state index in [9.17, 15) is 0 Å². The first kappa shape index (κ1) is 15.6. The van der Waals surface area contributed by atoms with Crippen molar-refractivity contribution in [2.45, 2.75) is 26.9 Å². The van der Waals surface area contributed by atoms with Gasteiger partial charge in [-0.2, -0.15) is 5.10 Å². The van der Waals surface area contributed by atoms with Gasteiger partial charge in [-0.1, -0.05) is 35.9 Å². The molecule has 0 radical (unpaired) electrons. The number of H-pyrrole nitrogens is 1. The van der Waals surface area contributed by atoms with Crippen LogP contribution in [0.15, 0.2) is 42.5 Å². The molecule has 1 unspecified atom stereocenters. The van der Waals surface area contributed by atoms with E-state index in [0.717, 1.165) is 22.4 Å². The number of hydrogen-bond donors (Lipinski definition) is 1. The molecule has 4 nitrogen and oxygen atoms in total. The topological polar surface area (TPSA) is 50.8 Å². The largest absolute Gasteiger partial charge is 0.482 e. The van der Waals surface area contributed by atoms with Crippen molar-refractivity contribution in [1.82, 2.24) is 15.2 Å². The van der Waals surface area contributed by atoms with E-state index < -0.39 is 0 Å². The number of hydrogen-bond acceptors (Lipinski definition) is 3. The average molecular weight is 328 g/mol. The van der Waals surface area contributed by atoms with Crippen molar-refractivity contribution >= 4 is 11.6 Å². The lowest BCUT2D eigenvalue weighted by molar-refractivity contribution is 0.215. The van der Waals surface area contributed by atoms with Gasteiger partial charge in [0.1, 0.15) is 5.75 Å². The van der Waals surface area contributed by atoms with Crippen LogP contribution in [0.4, 0.5) is 0 Å². The van der Waals surface area contributed by atoms with E-state index in [4.69, 9.17) is 16.3 Å². The number of nitrogens with zero attached hydrogens (tertiary/aromatic N) is 2. The Balaban J connectivity index is 1.81. The van der Waals surface area contributed by atoms with Crippen LogP contribution in [0.1, 0.15) is 30.0 Å². The third kappa shape index (κ3) is 3.37. The molecule has 0 saturated heterocycles. The fraction of sp³-hybridized carbons (Fsp3) is 0.222. The molecule has 0 amide bonds. The predicted molar refractivity (Wildman–Crippen MR) is 91.8 cm³/mol. The summed E-state index contributed by atoms with van der Waals surface area (Å²) in [5.41, 5.74) is 3.15. The second-order valence-corrected chi connectivity index (χ2v) is 5.97. The van der Waals surface area contributed by atoms with Gasteiger partial charge in [-0.3, -0.25) is 5.10 Å². The molecule has 0 fully saturated rings. The smallest absolute Gasteiger partial charge is 0.181 e. The first-order valence-corrected chi connectivity index (χ1v) is 7.83. The highest BCUT2D eigenvalue weighted by Gasteiger charge is 2.15. The molecule has 0 saturated carbocycles. The number of nitrogens with one attached hydrogen (secondary N) is 1. The summed E-state index contributed by atoms with van der Waals surface area (Å²) in [6.45, 7) is 5.95. The Morgan fingerprint density at radius 3 is 2.61 bits per heavy atom. The highest BCUT2D eigenvalue weighted by atomic mass is 35.5. The molecule has 0 aliphatic heterocycles. The van der Waals surface area contributed by atoms with E-state index in [1.807, 2.05) is 63.2 Å². The molecular formula is C18H18ClN3O. The highest BCUT2D eigenvalue weighted by molar-refractivity contribution is 6.30. The molecule has 1 heterocycles. The van der Waals surface area contributed by atoms with E-state index >= 15 is 0 Å². The first-order chi connectivity index (χ1) is 11.0. The molecule has 0 spiro atoms. The van der Waals surface area contributed by atoms with Gasteiger partial charge in [0.05, 0.1) is 0 Å². The molecule has 1 aromatic heterocycles. The van der Waals surface area contributed by atoms with Crippen LogP contribution in [0.25, 0.3) is 11.4 Å². The van der Waals surface area contributed by atoms with E-state index in [1.54, 1.807) is 0 Å². The van der Waals surface area contributed by atoms with Crippen LogP contribution in [0.3, 0.4) is 0 Å². The Kier molecular flexibility index (Phi) is 4.35. The molecule has 3 rings (SSSR count). The molecule has 2 aromatic carbocycles. The fourth-order valence-electron chi connectivity index (χ4n) is 2.39. The van der Waals surface area contributed by atoms with Crippen molar-refractivity contribution in [2.75, 3.05) is 0 Å². The van der Waals surface area contributed by atoms with Crippen molar-refractivity contribution in [3.05, 3.63) is 64.4 Å². The van der Waals surface area contributed by atoms with Gasteiger partial charge in [0, 0.05) is 10.6 Å². The van der Waals surface area contributed by atoms with E-state index in [-0.39, 0.29) is 6.10 Å². The van der Waals surface area contributed by atoms with Crippen molar-refractivity contribution in [1.29, 1.82) is 0 Å². The number of aromatic amines is 1. The number of halogens is 1. The molecule has 23 heavy (non-hydrogen) atoms. The Labute approximate surface area is 140 Å². The van der Waals surface area contributed by atoms with Crippen molar-refractivity contribution < 1.29 is 4.74 Å². The minimum absolute atomic E-state index is 0.236. The normalized spacial score (nSPS) is 12.2. The molecule has 0 aliphatic carbocycles. The zero-order valence-electron chi connectivity index (χ0n) is 13.3. The highest BCUT2D eigenvalue weighted by Crippen LogP contribution is 2.27. The standard InChI is InChI=1S/C18H18ClN3O/c1-11-6-4-5-7-15(11)18-20-17(21-22-18)13(3)23-16-9-8-14(19)10-12(16)2/h4-10,13H,1-3H3,(H,20,21,22). The minimum Gasteiger partial charge on any atom is -0.482 e. The van der Waals surface area contributed by atoms with Crippen LogP contribution in [0.5, 0.6) is 5.75 Å². The fourth-order valence-corrected chi connectivity index (χ4v) is 2.62. The second kappa shape index (κ2) is 6.42. The third-order valence-electron chi connectivity index (χ3n) is 3.71. The first-order valence-electron chi connectivity index (χ1n) is 7.45. The van der Waals surface area contributed by atoms with Gasteiger partial charge in [-0.25, -0.2) is 4.98 Å². The van der Waals surface area contributed by atoms with E-state index in [0.29, 0.717) is 16.7 Å². The summed E-state index contributed by atoms with van der Waals surface area (Å²) in [6, 6.07) is 13.6. The molecular weight excluding hydrogens is 310 g/mol. The Morgan fingerprint density at radius 1 is 1.09 bits per heavy atom. The lowest BCUT2D eigenvalue weighted by Gasteiger charge is -2.14. The molecule has 118 valence electrons. The van der Waals surface area contributed by atoms with Crippen LogP contribution in [-0.4, -0.2) is 15.2 Å². The SMILES string of the molecule is Cc1cc(Cl)ccc1OC(C)c1nc(-c2ccccc2C)n[nH]1. The number of rotatable bonds is 4. The van der Waals surface area contributed by atoms with Gasteiger partial charge in [-0.15, -0.1) is 0 Å². The summed E-state index contributed by atoms with van der Waals surface area (Å²) < 4.78 is 5.97. The number of aromatic nitrogens is 3. The third-order valence-corrected chi connectivity index (χ3v) is 3.95. The van der Waals surface area contributed by atoms with Crippen LogP contribution < -0.4 is 4.74 Å². The summed E-state index contributed by atoms with van der Waals surface area (Å²) in [5, 5.41) is 7.98. The van der Waals surface area contributed by atoms with Crippen LogP contribution in [-0.2, 0) is 0 Å². The van der Waals surface area contributed by atoms with Crippen LogP contribution in [0.2, 0.25) is 5.02 Å². The summed E-state index contributed by atoms with van der Waals surface area (Å²) in [6.07, 6.45) is -0.236. The second-order valence-electron chi connectivity index (χ2n) is 5.53. The number of benzene rings is 2. The van der Waals surface area contributed by atoms with Crippen molar-refractivity contribution in [3.63, 3.8) is 0 Å². The lowest BCUT2D eigenvalue weighted by atomic mass is 10.1. The lowest BCUT2D eigenvalue weighted by Crippen LogP contribution is -2.06. The average Bonchev–Trinajstić information content (AvgIpc) is 3.00. The maximum atomic E-state index is 5.97. The predicted octanol–water partition coefficient (Wildman–Crippen LogP) is 4.88. The Hall–Kier alpha value is -2.33. The van der Waals surface area contributed by atoms with Gasteiger partial charge in [0.2, 0.25) is 0 Å². The summed E-state index contributed by atoms with van der Waals surface area (Å²) >= 11 is 5.97. The Bertz CT molecular complexity index is 829. The summed E-state index contributed by atoms with van der Waals surface area (Å²) in [5.74, 6) is 2.16. The van der Waals surface area contributed by atoms with Gasteiger partial charge < -0.3 is 4.74 Å². The zero-order chi connectivity index (χ0) is 16.4. The minimum atomic E-state index is -0.236. The van der Waals surface area contributed by atoms with E-state index in [1.165, 1.54) is 0 Å². The number of aryl methyl sites for hydroxylation is 2. The quantitative estimate of drug-likeness (QED) is 0.742. The summed E-state index contributed by atoms with van der Waals surface area (Å²) in [4.78, 5) is 4.57. The molecule has 3 aromatic rings. The molecule has 0 bridgehead atoms. The molecule has 5 heteroatoms. The van der Waals surface area contributed by atoms with Crippen LogP contribution >= 0.6 is 11.6 Å². The maximum absolute atomic E-state index is 5.97. The number of ether oxygens (including phenoxy) is 1. The molecule has 1 N–H and O–H groups in total. The monoisotopic (exact) mass is 327 g/mol. The summed E-state index contributed by atoms with van der Waals surface area (Å²) in [7, 11) is 0. The maximum Gasteiger partial charge on any atom is 0.181 e. The molecule has 1 atom stereocenters. The Morgan fingerprint density at radius 2 is 1.87 bits per heavy atom. The van der Waals surface area contributed by atoms with Gasteiger partial charge in [0.25, 0.3) is 0 Å².